The van der Waals surface area contributed by atoms with Gasteiger partial charge < -0.3 is 1.43 Å². The van der Waals surface area contributed by atoms with Crippen LogP contribution in [0.3, 0.4) is 0 Å². The average molecular weight is 276 g/mol. The van der Waals surface area contributed by atoms with E-state index in [1.54, 1.807) is 15.6 Å². The Morgan fingerprint density at radius 1 is 0.842 bits per heavy atom. The molecule has 0 atom stereocenters. The van der Waals surface area contributed by atoms with E-state index in [2.05, 4.69) is 61.6 Å². The smallest absolute Gasteiger partial charge is 1.00 e. The van der Waals surface area contributed by atoms with E-state index >= 15 is 0 Å². The zero-order chi connectivity index (χ0) is 12.4. The Morgan fingerprint density at radius 2 is 1.21 bits per heavy atom. The largest absolute Gasteiger partial charge is 1.00 e. The van der Waals surface area contributed by atoms with Crippen LogP contribution in [0.2, 0.25) is 6.04 Å². The van der Waals surface area contributed by atoms with Crippen LogP contribution in [0.25, 0.3) is 0 Å². The fourth-order valence-corrected chi connectivity index (χ4v) is 8.73. The first-order valence-corrected chi connectivity index (χ1v) is 9.17. The van der Waals surface area contributed by atoms with Crippen molar-refractivity contribution in [2.75, 3.05) is 0 Å². The van der Waals surface area contributed by atoms with Crippen molar-refractivity contribution in [2.45, 2.75) is 32.2 Å². The normalized spacial score (nSPS) is 20.4. The molecule has 3 aliphatic carbocycles. The Labute approximate surface area is 141 Å². The third-order valence-electron chi connectivity index (χ3n) is 4.49. The molecule has 3 rings (SSSR count). The minimum Gasteiger partial charge on any atom is -1.00 e. The Hall–Kier alpha value is -0.343. The standard InChI is InChI=1S/C17H20Si.Na.H/c1-2-18(15-9-3-4-10-15,16-11-5-6-12-16)17-13-7-8-14-17;;/h3-9,11,13H,2,10,12,14H2,1H3;;/q;+1;-1. The fourth-order valence-electron chi connectivity index (χ4n) is 3.59. The molecule has 0 radical (unpaired) electrons. The molecule has 0 saturated heterocycles. The van der Waals surface area contributed by atoms with Crippen molar-refractivity contribution in [3.8, 4) is 0 Å². The van der Waals surface area contributed by atoms with Gasteiger partial charge in [0.1, 0.15) is 8.07 Å². The van der Waals surface area contributed by atoms with Crippen LogP contribution in [0.1, 0.15) is 27.6 Å². The summed E-state index contributed by atoms with van der Waals surface area (Å²) in [7, 11) is -1.57. The molecule has 0 unspecified atom stereocenters. The van der Waals surface area contributed by atoms with Crippen LogP contribution in [0.4, 0.5) is 0 Å². The molecule has 0 aromatic carbocycles. The van der Waals surface area contributed by atoms with Gasteiger partial charge in [0.05, 0.1) is 0 Å². The van der Waals surface area contributed by atoms with E-state index in [4.69, 9.17) is 0 Å². The van der Waals surface area contributed by atoms with E-state index in [-0.39, 0.29) is 31.0 Å². The quantitative estimate of drug-likeness (QED) is 0.688. The molecule has 0 bridgehead atoms. The van der Waals surface area contributed by atoms with Crippen LogP contribution in [0.15, 0.2) is 70.3 Å². The SMILES string of the molecule is CC[Si](C1=CC=CC1)(C1=CC=CC1)C1=CC=CC1.[H-].[Na+]. The van der Waals surface area contributed by atoms with Gasteiger partial charge in [-0.2, -0.15) is 0 Å². The van der Waals surface area contributed by atoms with Gasteiger partial charge in [0.2, 0.25) is 0 Å². The molecule has 19 heavy (non-hydrogen) atoms. The predicted molar refractivity (Wildman–Crippen MR) is 82.9 cm³/mol. The van der Waals surface area contributed by atoms with Crippen molar-refractivity contribution < 1.29 is 31.0 Å². The zero-order valence-corrected chi connectivity index (χ0v) is 15.0. The molecule has 0 heterocycles. The van der Waals surface area contributed by atoms with E-state index in [9.17, 15) is 0 Å². The molecule has 3 aliphatic rings. The van der Waals surface area contributed by atoms with Gasteiger partial charge in [0.25, 0.3) is 0 Å². The fraction of sp³-hybridized carbons (Fsp3) is 0.294. The summed E-state index contributed by atoms with van der Waals surface area (Å²) in [5, 5.41) is 5.15. The second kappa shape index (κ2) is 6.40. The maximum absolute atomic E-state index is 2.40. The molecule has 0 amide bonds. The van der Waals surface area contributed by atoms with Crippen molar-refractivity contribution in [1.82, 2.24) is 0 Å². The number of hydrogen-bond donors (Lipinski definition) is 0. The Kier molecular flexibility index (Phi) is 5.07. The summed E-state index contributed by atoms with van der Waals surface area (Å²) in [5.74, 6) is 0. The van der Waals surface area contributed by atoms with Gasteiger partial charge in [-0.1, -0.05) is 77.2 Å². The van der Waals surface area contributed by atoms with Crippen LogP contribution < -0.4 is 29.6 Å². The van der Waals surface area contributed by atoms with Gasteiger partial charge in [-0.15, -0.1) is 0 Å². The Balaban J connectivity index is 0.000001000. The topological polar surface area (TPSA) is 0 Å². The second-order valence-electron chi connectivity index (χ2n) is 5.23. The third-order valence-corrected chi connectivity index (χ3v) is 9.95. The van der Waals surface area contributed by atoms with Gasteiger partial charge >= 0.3 is 29.6 Å². The molecular formula is C17H21NaSi. The third kappa shape index (κ3) is 2.49. The summed E-state index contributed by atoms with van der Waals surface area (Å²) in [6.45, 7) is 2.39. The van der Waals surface area contributed by atoms with Crippen LogP contribution in [0, 0.1) is 0 Å². The summed E-state index contributed by atoms with van der Waals surface area (Å²) < 4.78 is 0. The van der Waals surface area contributed by atoms with Crippen molar-refractivity contribution in [3.63, 3.8) is 0 Å². The van der Waals surface area contributed by atoms with Crippen LogP contribution in [0.5, 0.6) is 0 Å². The molecule has 0 fully saturated rings. The Bertz CT molecular complexity index is 461. The molecule has 0 N–H and O–H groups in total. The van der Waals surface area contributed by atoms with Crippen molar-refractivity contribution in [3.05, 3.63) is 70.3 Å². The van der Waals surface area contributed by atoms with Crippen molar-refractivity contribution >= 4 is 8.07 Å². The first kappa shape index (κ1) is 15.1. The van der Waals surface area contributed by atoms with E-state index < -0.39 is 8.07 Å². The first-order valence-electron chi connectivity index (χ1n) is 6.96. The van der Waals surface area contributed by atoms with E-state index in [1.165, 1.54) is 25.3 Å². The molecule has 0 aliphatic heterocycles. The number of rotatable bonds is 4. The summed E-state index contributed by atoms with van der Waals surface area (Å²) in [5.41, 5.74) is 0. The van der Waals surface area contributed by atoms with Crippen molar-refractivity contribution in [1.29, 1.82) is 0 Å². The minimum absolute atomic E-state index is 0. The summed E-state index contributed by atoms with van der Waals surface area (Å²) >= 11 is 0. The van der Waals surface area contributed by atoms with E-state index in [0.717, 1.165) is 0 Å². The summed E-state index contributed by atoms with van der Waals surface area (Å²) in [6, 6.07) is 1.31. The molecule has 0 aromatic rings. The Morgan fingerprint density at radius 3 is 1.42 bits per heavy atom. The van der Waals surface area contributed by atoms with Gasteiger partial charge in [-0.3, -0.25) is 0 Å². The van der Waals surface area contributed by atoms with Gasteiger partial charge in [-0.25, -0.2) is 0 Å². The zero-order valence-electron chi connectivity index (χ0n) is 13.0. The monoisotopic (exact) mass is 276 g/mol. The maximum Gasteiger partial charge on any atom is 1.00 e. The van der Waals surface area contributed by atoms with E-state index in [1.807, 2.05) is 0 Å². The molecule has 0 saturated carbocycles. The molecule has 0 aromatic heterocycles. The van der Waals surface area contributed by atoms with Gasteiger partial charge in [0, 0.05) is 0 Å². The molecule has 94 valence electrons. The second-order valence-corrected chi connectivity index (χ2v) is 9.68. The van der Waals surface area contributed by atoms with Crippen LogP contribution >= 0.6 is 0 Å². The predicted octanol–water partition coefficient (Wildman–Crippen LogP) is 1.85. The summed E-state index contributed by atoms with van der Waals surface area (Å²) in [6.07, 6.45) is 24.4. The first-order chi connectivity index (χ1) is 8.88. The summed E-state index contributed by atoms with van der Waals surface area (Å²) in [4.78, 5) is 0. The number of allylic oxidation sites excluding steroid dienone is 12. The van der Waals surface area contributed by atoms with Crippen LogP contribution in [-0.4, -0.2) is 8.07 Å². The van der Waals surface area contributed by atoms with Gasteiger partial charge in [0.15, 0.2) is 0 Å². The molecule has 2 heteroatoms. The average Bonchev–Trinajstić information content (AvgIpc) is 3.16. The minimum atomic E-state index is -1.57. The van der Waals surface area contributed by atoms with Crippen LogP contribution in [-0.2, 0) is 0 Å². The maximum atomic E-state index is 2.40. The molecule has 0 nitrogen and oxygen atoms in total. The van der Waals surface area contributed by atoms with Crippen molar-refractivity contribution in [2.24, 2.45) is 0 Å². The molecule has 0 spiro atoms. The number of hydrogen-bond acceptors (Lipinski definition) is 0. The van der Waals surface area contributed by atoms with Gasteiger partial charge in [-0.05, 0) is 25.3 Å². The van der Waals surface area contributed by atoms with E-state index in [0.29, 0.717) is 0 Å². The molecular weight excluding hydrogens is 255 g/mol.